The van der Waals surface area contributed by atoms with Gasteiger partial charge in [0.05, 0.1) is 12.3 Å². The maximum atomic E-state index is 12.4. The van der Waals surface area contributed by atoms with Gasteiger partial charge in [0.2, 0.25) is 5.91 Å². The van der Waals surface area contributed by atoms with Crippen LogP contribution in [0.2, 0.25) is 5.02 Å². The standard InChI is InChI=1S/C20H22ClNO3/c1-3-24-19-11-15-10-13(2)25-18(15)12-17(19)22-20(23)9-8-14-6-4-5-7-16(14)21/h4-7,11-13H,3,8-10H2,1-2H3,(H,22,23)/t13-/m0/s1. The molecule has 132 valence electrons. The second kappa shape index (κ2) is 7.79. The van der Waals surface area contributed by atoms with Gasteiger partial charge < -0.3 is 14.8 Å². The lowest BCUT2D eigenvalue weighted by Gasteiger charge is -2.13. The number of halogens is 1. The molecule has 2 aromatic rings. The molecule has 1 aliphatic heterocycles. The Balaban J connectivity index is 1.70. The summed E-state index contributed by atoms with van der Waals surface area (Å²) < 4.78 is 11.5. The van der Waals surface area contributed by atoms with E-state index in [4.69, 9.17) is 21.1 Å². The van der Waals surface area contributed by atoms with E-state index < -0.39 is 0 Å². The quantitative estimate of drug-likeness (QED) is 0.817. The van der Waals surface area contributed by atoms with Crippen molar-refractivity contribution in [3.05, 3.63) is 52.5 Å². The van der Waals surface area contributed by atoms with E-state index in [0.29, 0.717) is 35.9 Å². The third-order valence-electron chi connectivity index (χ3n) is 4.15. The number of hydrogen-bond donors (Lipinski definition) is 1. The summed E-state index contributed by atoms with van der Waals surface area (Å²) in [5, 5.41) is 3.63. The third-order valence-corrected chi connectivity index (χ3v) is 4.52. The predicted molar refractivity (Wildman–Crippen MR) is 99.8 cm³/mol. The van der Waals surface area contributed by atoms with Gasteiger partial charge in [0, 0.05) is 29.5 Å². The van der Waals surface area contributed by atoms with Gasteiger partial charge in [0.1, 0.15) is 17.6 Å². The van der Waals surface area contributed by atoms with Crippen LogP contribution in [-0.4, -0.2) is 18.6 Å². The van der Waals surface area contributed by atoms with Gasteiger partial charge >= 0.3 is 0 Å². The van der Waals surface area contributed by atoms with Gasteiger partial charge in [-0.15, -0.1) is 0 Å². The summed E-state index contributed by atoms with van der Waals surface area (Å²) in [5.41, 5.74) is 2.74. The minimum atomic E-state index is -0.0770. The van der Waals surface area contributed by atoms with Gasteiger partial charge in [-0.05, 0) is 38.0 Å². The summed E-state index contributed by atoms with van der Waals surface area (Å²) in [5.74, 6) is 1.43. The van der Waals surface area contributed by atoms with Crippen molar-refractivity contribution in [2.75, 3.05) is 11.9 Å². The van der Waals surface area contributed by atoms with Gasteiger partial charge in [-0.25, -0.2) is 0 Å². The topological polar surface area (TPSA) is 47.6 Å². The van der Waals surface area contributed by atoms with Crippen LogP contribution in [0.1, 0.15) is 31.4 Å². The van der Waals surface area contributed by atoms with Crippen LogP contribution in [0.4, 0.5) is 5.69 Å². The second-order valence-electron chi connectivity index (χ2n) is 6.16. The number of carbonyl (C=O) groups is 1. The molecule has 0 radical (unpaired) electrons. The maximum Gasteiger partial charge on any atom is 0.224 e. The Labute approximate surface area is 153 Å². The van der Waals surface area contributed by atoms with Gasteiger partial charge in [0.15, 0.2) is 0 Å². The number of benzene rings is 2. The van der Waals surface area contributed by atoms with Crippen LogP contribution in [-0.2, 0) is 17.6 Å². The van der Waals surface area contributed by atoms with Crippen molar-refractivity contribution in [2.24, 2.45) is 0 Å². The van der Waals surface area contributed by atoms with Crippen molar-refractivity contribution in [3.8, 4) is 11.5 Å². The number of amides is 1. The highest BCUT2D eigenvalue weighted by molar-refractivity contribution is 6.31. The average Bonchev–Trinajstić information content (AvgIpc) is 2.93. The Morgan fingerprint density at radius 1 is 1.36 bits per heavy atom. The predicted octanol–water partition coefficient (Wildman–Crippen LogP) is 4.63. The molecule has 1 heterocycles. The summed E-state index contributed by atoms with van der Waals surface area (Å²) in [4.78, 5) is 12.4. The maximum absolute atomic E-state index is 12.4. The number of aryl methyl sites for hydroxylation is 1. The summed E-state index contributed by atoms with van der Waals surface area (Å²) in [7, 11) is 0. The molecule has 0 saturated carbocycles. The second-order valence-corrected chi connectivity index (χ2v) is 6.57. The number of anilines is 1. The van der Waals surface area contributed by atoms with Crippen molar-refractivity contribution in [1.82, 2.24) is 0 Å². The van der Waals surface area contributed by atoms with E-state index in [1.54, 1.807) is 0 Å². The van der Waals surface area contributed by atoms with Crippen molar-refractivity contribution in [1.29, 1.82) is 0 Å². The Morgan fingerprint density at radius 2 is 2.16 bits per heavy atom. The zero-order valence-electron chi connectivity index (χ0n) is 14.5. The first-order valence-electron chi connectivity index (χ1n) is 8.56. The molecule has 1 amide bonds. The lowest BCUT2D eigenvalue weighted by Crippen LogP contribution is -2.13. The molecule has 0 fully saturated rings. The lowest BCUT2D eigenvalue weighted by molar-refractivity contribution is -0.116. The molecular weight excluding hydrogens is 338 g/mol. The van der Waals surface area contributed by atoms with Crippen LogP contribution >= 0.6 is 11.6 Å². The molecule has 0 saturated heterocycles. The van der Waals surface area contributed by atoms with Crippen molar-refractivity contribution in [3.63, 3.8) is 0 Å². The Morgan fingerprint density at radius 3 is 2.92 bits per heavy atom. The Bertz CT molecular complexity index is 776. The summed E-state index contributed by atoms with van der Waals surface area (Å²) >= 11 is 6.14. The molecule has 4 nitrogen and oxygen atoms in total. The van der Waals surface area contributed by atoms with Crippen molar-refractivity contribution < 1.29 is 14.3 Å². The molecule has 1 N–H and O–H groups in total. The molecule has 3 rings (SSSR count). The molecular formula is C20H22ClNO3. The van der Waals surface area contributed by atoms with Crippen LogP contribution in [0.15, 0.2) is 36.4 Å². The van der Waals surface area contributed by atoms with Crippen LogP contribution < -0.4 is 14.8 Å². The van der Waals surface area contributed by atoms with Gasteiger partial charge in [0.25, 0.3) is 0 Å². The first-order chi connectivity index (χ1) is 12.1. The number of fused-ring (bicyclic) bond motifs is 1. The summed E-state index contributed by atoms with van der Waals surface area (Å²) in [6.07, 6.45) is 1.95. The monoisotopic (exact) mass is 359 g/mol. The first kappa shape index (κ1) is 17.6. The minimum Gasteiger partial charge on any atom is -0.492 e. The highest BCUT2D eigenvalue weighted by Crippen LogP contribution is 2.38. The van der Waals surface area contributed by atoms with Crippen LogP contribution in [0.25, 0.3) is 0 Å². The molecule has 0 aliphatic carbocycles. The SMILES string of the molecule is CCOc1cc2c(cc1NC(=O)CCc1ccccc1Cl)O[C@@H](C)C2. The van der Waals surface area contributed by atoms with Crippen molar-refractivity contribution >= 4 is 23.2 Å². The van der Waals surface area contributed by atoms with Crippen LogP contribution in [0, 0.1) is 0 Å². The van der Waals surface area contributed by atoms with Gasteiger partial charge in [-0.1, -0.05) is 29.8 Å². The summed E-state index contributed by atoms with van der Waals surface area (Å²) in [6.45, 7) is 4.50. The molecule has 0 spiro atoms. The van der Waals surface area contributed by atoms with Crippen LogP contribution in [0.3, 0.4) is 0 Å². The zero-order valence-corrected chi connectivity index (χ0v) is 15.2. The molecule has 0 bridgehead atoms. The fourth-order valence-corrected chi connectivity index (χ4v) is 3.20. The number of rotatable bonds is 6. The zero-order chi connectivity index (χ0) is 17.8. The van der Waals surface area contributed by atoms with E-state index >= 15 is 0 Å². The van der Waals surface area contributed by atoms with Crippen molar-refractivity contribution in [2.45, 2.75) is 39.2 Å². The molecule has 2 aromatic carbocycles. The van der Waals surface area contributed by atoms with E-state index in [0.717, 1.165) is 23.3 Å². The van der Waals surface area contributed by atoms with Gasteiger partial charge in [-0.3, -0.25) is 4.79 Å². The normalized spacial score (nSPS) is 15.4. The van der Waals surface area contributed by atoms with E-state index in [2.05, 4.69) is 5.32 Å². The first-order valence-corrected chi connectivity index (χ1v) is 8.94. The fraction of sp³-hybridized carbons (Fsp3) is 0.350. The van der Waals surface area contributed by atoms with E-state index in [1.165, 1.54) is 0 Å². The summed E-state index contributed by atoms with van der Waals surface area (Å²) in [6, 6.07) is 11.4. The molecule has 5 heteroatoms. The Kier molecular flexibility index (Phi) is 5.49. The van der Waals surface area contributed by atoms with Crippen LogP contribution in [0.5, 0.6) is 11.5 Å². The number of hydrogen-bond acceptors (Lipinski definition) is 3. The number of carbonyl (C=O) groups excluding carboxylic acids is 1. The Hall–Kier alpha value is -2.20. The fourth-order valence-electron chi connectivity index (χ4n) is 2.97. The smallest absolute Gasteiger partial charge is 0.224 e. The highest BCUT2D eigenvalue weighted by atomic mass is 35.5. The molecule has 25 heavy (non-hydrogen) atoms. The number of nitrogens with one attached hydrogen (secondary N) is 1. The number of ether oxygens (including phenoxy) is 2. The molecule has 0 unspecified atom stereocenters. The van der Waals surface area contributed by atoms with Gasteiger partial charge in [-0.2, -0.15) is 0 Å². The van der Waals surface area contributed by atoms with E-state index in [1.807, 2.05) is 50.2 Å². The highest BCUT2D eigenvalue weighted by Gasteiger charge is 2.22. The molecule has 1 aliphatic rings. The van der Waals surface area contributed by atoms with E-state index in [-0.39, 0.29) is 12.0 Å². The molecule has 0 aromatic heterocycles. The average molecular weight is 360 g/mol. The lowest BCUT2D eigenvalue weighted by atomic mass is 10.1. The van der Waals surface area contributed by atoms with E-state index in [9.17, 15) is 4.79 Å². The molecule has 1 atom stereocenters. The largest absolute Gasteiger partial charge is 0.492 e. The third kappa shape index (κ3) is 4.26. The minimum absolute atomic E-state index is 0.0770.